The van der Waals surface area contributed by atoms with Gasteiger partial charge in [-0.1, -0.05) is 6.08 Å². The van der Waals surface area contributed by atoms with E-state index >= 15 is 0 Å². The number of rotatable bonds is 6. The maximum atomic E-state index is 5.14. The van der Waals surface area contributed by atoms with E-state index in [0.29, 0.717) is 0 Å². The second kappa shape index (κ2) is 7.88. The number of ether oxygens (including phenoxy) is 1. The summed E-state index contributed by atoms with van der Waals surface area (Å²) in [7, 11) is 0.808. The molecule has 0 saturated carbocycles. The fourth-order valence-corrected chi connectivity index (χ4v) is 0.578. The summed E-state index contributed by atoms with van der Waals surface area (Å²) >= 11 is 0. The third-order valence-electron chi connectivity index (χ3n) is 0.898. The highest BCUT2D eigenvalue weighted by molar-refractivity contribution is 5.97. The zero-order chi connectivity index (χ0) is 6.95. The molecule has 0 aliphatic carbocycles. The van der Waals surface area contributed by atoms with Gasteiger partial charge in [-0.2, -0.15) is 0 Å². The number of hydrogen-bond acceptors (Lipinski definition) is 2. The van der Waals surface area contributed by atoms with E-state index in [1.165, 1.54) is 0 Å². The molecule has 0 heterocycles. The largest absolute Gasteiger partial charge is 0.426 e. The Kier molecular flexibility index (Phi) is 7.77. The van der Waals surface area contributed by atoms with Crippen LogP contribution in [0.3, 0.4) is 0 Å². The van der Waals surface area contributed by atoms with Gasteiger partial charge in [-0.05, 0) is 6.42 Å². The van der Waals surface area contributed by atoms with Crippen molar-refractivity contribution in [2.45, 2.75) is 6.42 Å². The van der Waals surface area contributed by atoms with Crippen LogP contribution in [0.4, 0.5) is 0 Å². The summed E-state index contributed by atoms with van der Waals surface area (Å²) in [6, 6.07) is 0. The monoisotopic (exact) mass is 146 g/mol. The molecule has 0 unspecified atom stereocenters. The Bertz CT molecular complexity index is 66.1. The molecule has 0 aromatic carbocycles. The van der Waals surface area contributed by atoms with Gasteiger partial charge in [0.05, 0.1) is 19.8 Å². The van der Waals surface area contributed by atoms with Crippen LogP contribution in [0.1, 0.15) is 6.42 Å². The Balaban J connectivity index is 2.66. The Labute approximate surface area is 59.4 Å². The van der Waals surface area contributed by atoms with Gasteiger partial charge in [-0.3, -0.25) is 0 Å². The lowest BCUT2D eigenvalue weighted by atomic mass is 10.5. The summed E-state index contributed by atoms with van der Waals surface area (Å²) in [6.45, 7) is 5.81. The molecule has 0 spiro atoms. The molecule has 9 heavy (non-hydrogen) atoms. The van der Waals surface area contributed by atoms with Gasteiger partial charge in [0, 0.05) is 0 Å². The summed E-state index contributed by atoms with van der Waals surface area (Å²) in [4.78, 5) is 0. The Morgan fingerprint density at radius 3 is 2.67 bits per heavy atom. The summed E-state index contributed by atoms with van der Waals surface area (Å²) in [6.07, 6.45) is 2.78. The van der Waals surface area contributed by atoms with E-state index in [0.717, 1.165) is 36.7 Å². The second-order valence-corrected chi connectivity index (χ2v) is 2.26. The molecule has 54 valence electrons. The molecule has 0 aromatic heterocycles. The van der Waals surface area contributed by atoms with Gasteiger partial charge in [0.1, 0.15) is 10.5 Å². The van der Waals surface area contributed by atoms with E-state index in [1.54, 1.807) is 0 Å². The van der Waals surface area contributed by atoms with Gasteiger partial charge in [-0.15, -0.1) is 6.58 Å². The molecule has 0 aromatic rings. The van der Waals surface area contributed by atoms with E-state index in [4.69, 9.17) is 9.16 Å². The Hall–Kier alpha value is -0.123. The zero-order valence-corrected chi connectivity index (χ0v) is 7.93. The predicted octanol–water partition coefficient (Wildman–Crippen LogP) is -0.124. The highest BCUT2D eigenvalue weighted by atomic mass is 28.2. The van der Waals surface area contributed by atoms with E-state index in [9.17, 15) is 0 Å². The van der Waals surface area contributed by atoms with Crippen molar-refractivity contribution in [3.8, 4) is 0 Å². The van der Waals surface area contributed by atoms with Crippen LogP contribution in [-0.4, -0.2) is 30.3 Å². The standard InChI is InChI=1S/C6H14O2Si/c1-2-3-4-7-5-6-8-9/h2H,1,3-6H2,9H3. The SMILES string of the molecule is C=CCCOCCO[SiH3]. The minimum absolute atomic E-state index is 0.720. The molecular formula is C6H14O2Si. The summed E-state index contributed by atoms with van der Waals surface area (Å²) in [5, 5.41) is 0. The van der Waals surface area contributed by atoms with Crippen LogP contribution >= 0.6 is 0 Å². The van der Waals surface area contributed by atoms with Crippen LogP contribution in [0.2, 0.25) is 0 Å². The molecule has 0 radical (unpaired) electrons. The molecule has 0 atom stereocenters. The lowest BCUT2D eigenvalue weighted by Gasteiger charge is -1.99. The number of hydrogen-bond donors (Lipinski definition) is 0. The van der Waals surface area contributed by atoms with Crippen LogP contribution in [0, 0.1) is 0 Å². The van der Waals surface area contributed by atoms with Crippen molar-refractivity contribution in [3.63, 3.8) is 0 Å². The first-order chi connectivity index (χ1) is 4.41. The third kappa shape index (κ3) is 7.88. The molecule has 0 rings (SSSR count). The van der Waals surface area contributed by atoms with Crippen LogP contribution in [-0.2, 0) is 9.16 Å². The second-order valence-electron chi connectivity index (χ2n) is 1.68. The molecule has 0 fully saturated rings. The average Bonchev–Trinajstić information content (AvgIpc) is 1.89. The molecule has 0 amide bonds. The topological polar surface area (TPSA) is 18.5 Å². The molecule has 0 aliphatic heterocycles. The normalized spacial score (nSPS) is 9.78. The van der Waals surface area contributed by atoms with E-state index in [-0.39, 0.29) is 0 Å². The van der Waals surface area contributed by atoms with Crippen molar-refractivity contribution >= 4 is 10.5 Å². The molecular weight excluding hydrogens is 132 g/mol. The zero-order valence-electron chi connectivity index (χ0n) is 5.93. The predicted molar refractivity (Wildman–Crippen MR) is 41.5 cm³/mol. The first-order valence-corrected chi connectivity index (χ1v) is 3.91. The molecule has 2 nitrogen and oxygen atoms in total. The van der Waals surface area contributed by atoms with E-state index in [1.807, 2.05) is 6.08 Å². The van der Waals surface area contributed by atoms with Crippen LogP contribution in [0.15, 0.2) is 12.7 Å². The maximum absolute atomic E-state index is 5.14. The van der Waals surface area contributed by atoms with Gasteiger partial charge >= 0.3 is 0 Å². The van der Waals surface area contributed by atoms with Crippen molar-refractivity contribution < 1.29 is 9.16 Å². The quantitative estimate of drug-likeness (QED) is 0.295. The van der Waals surface area contributed by atoms with Crippen molar-refractivity contribution in [1.82, 2.24) is 0 Å². The minimum atomic E-state index is 0.720. The van der Waals surface area contributed by atoms with Gasteiger partial charge in [0.25, 0.3) is 0 Å². The third-order valence-corrected chi connectivity index (χ3v) is 1.31. The average molecular weight is 146 g/mol. The van der Waals surface area contributed by atoms with Crippen LogP contribution in [0.5, 0.6) is 0 Å². The van der Waals surface area contributed by atoms with E-state index < -0.39 is 0 Å². The fraction of sp³-hybridized carbons (Fsp3) is 0.667. The van der Waals surface area contributed by atoms with Gasteiger partial charge in [0.15, 0.2) is 0 Å². The van der Waals surface area contributed by atoms with Crippen molar-refractivity contribution in [2.75, 3.05) is 19.8 Å². The van der Waals surface area contributed by atoms with Gasteiger partial charge in [-0.25, -0.2) is 0 Å². The molecule has 0 N–H and O–H groups in total. The van der Waals surface area contributed by atoms with Crippen LogP contribution in [0.25, 0.3) is 0 Å². The van der Waals surface area contributed by atoms with Crippen molar-refractivity contribution in [1.29, 1.82) is 0 Å². The summed E-state index contributed by atoms with van der Waals surface area (Å²) in [5.74, 6) is 0. The molecule has 3 heteroatoms. The lowest BCUT2D eigenvalue weighted by Crippen LogP contribution is -2.02. The van der Waals surface area contributed by atoms with Crippen LogP contribution < -0.4 is 0 Å². The van der Waals surface area contributed by atoms with Crippen molar-refractivity contribution in [3.05, 3.63) is 12.7 Å². The maximum Gasteiger partial charge on any atom is 0.146 e. The van der Waals surface area contributed by atoms with E-state index in [2.05, 4.69) is 6.58 Å². The smallest absolute Gasteiger partial charge is 0.146 e. The molecule has 0 bridgehead atoms. The molecule has 0 saturated heterocycles. The summed E-state index contributed by atoms with van der Waals surface area (Å²) in [5.41, 5.74) is 0. The fourth-order valence-electron chi connectivity index (χ4n) is 0.411. The first-order valence-electron chi connectivity index (χ1n) is 3.09. The van der Waals surface area contributed by atoms with Crippen molar-refractivity contribution in [2.24, 2.45) is 0 Å². The Morgan fingerprint density at radius 2 is 2.11 bits per heavy atom. The minimum Gasteiger partial charge on any atom is -0.426 e. The Morgan fingerprint density at radius 1 is 1.33 bits per heavy atom. The summed E-state index contributed by atoms with van der Waals surface area (Å²) < 4.78 is 10.1. The van der Waals surface area contributed by atoms with Gasteiger partial charge in [0.2, 0.25) is 0 Å². The highest BCUT2D eigenvalue weighted by Gasteiger charge is 1.82. The first kappa shape index (κ1) is 8.88. The van der Waals surface area contributed by atoms with Gasteiger partial charge < -0.3 is 9.16 Å². The molecule has 0 aliphatic rings. The lowest BCUT2D eigenvalue weighted by molar-refractivity contribution is 0.107. The highest BCUT2D eigenvalue weighted by Crippen LogP contribution is 1.81.